The SMILES string of the molecule is Cc1nc(-c2ccccc2)sc1C(=O)NNC(=O)c1ccc(N2CCOCC2)c([N+](=O)[O-])c1. The Morgan fingerprint density at radius 3 is 2.48 bits per heavy atom. The normalized spacial score (nSPS) is 13.4. The van der Waals surface area contributed by atoms with Gasteiger partial charge in [0.25, 0.3) is 17.5 Å². The van der Waals surface area contributed by atoms with Gasteiger partial charge < -0.3 is 9.64 Å². The van der Waals surface area contributed by atoms with E-state index >= 15 is 0 Å². The van der Waals surface area contributed by atoms with Crippen LogP contribution in [0.15, 0.2) is 48.5 Å². The van der Waals surface area contributed by atoms with E-state index in [9.17, 15) is 19.7 Å². The number of aryl methyl sites for hydroxylation is 1. The third-order valence-electron chi connectivity index (χ3n) is 5.10. The number of hydrogen-bond donors (Lipinski definition) is 2. The number of rotatable bonds is 5. The number of aromatic nitrogens is 1. The van der Waals surface area contributed by atoms with Gasteiger partial charge in [-0.2, -0.15) is 0 Å². The fourth-order valence-corrected chi connectivity index (χ4v) is 4.40. The first kappa shape index (κ1) is 22.4. The van der Waals surface area contributed by atoms with Gasteiger partial charge in [0.15, 0.2) is 0 Å². The van der Waals surface area contributed by atoms with Crippen molar-refractivity contribution in [2.24, 2.45) is 0 Å². The van der Waals surface area contributed by atoms with Crippen molar-refractivity contribution in [2.45, 2.75) is 6.92 Å². The average molecular weight is 468 g/mol. The Morgan fingerprint density at radius 2 is 1.79 bits per heavy atom. The summed E-state index contributed by atoms with van der Waals surface area (Å²) >= 11 is 1.21. The molecule has 2 N–H and O–H groups in total. The number of carbonyl (C=O) groups excluding carboxylic acids is 2. The molecule has 1 aliphatic rings. The Balaban J connectivity index is 1.45. The minimum absolute atomic E-state index is 0.0602. The second-order valence-electron chi connectivity index (χ2n) is 7.27. The highest BCUT2D eigenvalue weighted by atomic mass is 32.1. The largest absolute Gasteiger partial charge is 0.378 e. The van der Waals surface area contributed by atoms with Crippen molar-refractivity contribution in [3.63, 3.8) is 0 Å². The van der Waals surface area contributed by atoms with Gasteiger partial charge in [-0.1, -0.05) is 30.3 Å². The quantitative estimate of drug-likeness (QED) is 0.436. The molecule has 0 spiro atoms. The highest BCUT2D eigenvalue weighted by Gasteiger charge is 2.24. The van der Waals surface area contributed by atoms with Gasteiger partial charge >= 0.3 is 0 Å². The molecule has 1 aromatic heterocycles. The van der Waals surface area contributed by atoms with Crippen molar-refractivity contribution in [2.75, 3.05) is 31.2 Å². The molecule has 2 heterocycles. The average Bonchev–Trinajstić information content (AvgIpc) is 3.24. The molecule has 2 amide bonds. The number of ether oxygens (including phenoxy) is 1. The number of morpholine rings is 1. The Morgan fingerprint density at radius 1 is 1.09 bits per heavy atom. The topological polar surface area (TPSA) is 127 Å². The van der Waals surface area contributed by atoms with E-state index in [0.29, 0.717) is 47.6 Å². The number of carbonyl (C=O) groups is 2. The summed E-state index contributed by atoms with van der Waals surface area (Å²) in [5.41, 5.74) is 6.43. The Labute approximate surface area is 193 Å². The van der Waals surface area contributed by atoms with Crippen LogP contribution in [-0.2, 0) is 4.74 Å². The first-order chi connectivity index (χ1) is 15.9. The Bertz CT molecular complexity index is 1190. The molecule has 1 fully saturated rings. The highest BCUT2D eigenvalue weighted by Crippen LogP contribution is 2.30. The summed E-state index contributed by atoms with van der Waals surface area (Å²) in [6.45, 7) is 3.74. The third kappa shape index (κ3) is 4.99. The minimum Gasteiger partial charge on any atom is -0.378 e. The molecule has 0 aliphatic carbocycles. The maximum Gasteiger partial charge on any atom is 0.293 e. The number of nitro benzene ring substituents is 1. The lowest BCUT2D eigenvalue weighted by atomic mass is 10.1. The molecular formula is C22H21N5O5S. The Kier molecular flexibility index (Phi) is 6.61. The Hall–Kier alpha value is -3.83. The lowest BCUT2D eigenvalue weighted by Gasteiger charge is -2.28. The van der Waals surface area contributed by atoms with Crippen LogP contribution in [0.25, 0.3) is 10.6 Å². The van der Waals surface area contributed by atoms with Gasteiger partial charge in [-0.05, 0) is 19.1 Å². The minimum atomic E-state index is -0.662. The molecule has 33 heavy (non-hydrogen) atoms. The highest BCUT2D eigenvalue weighted by molar-refractivity contribution is 7.17. The van der Waals surface area contributed by atoms with Crippen molar-refractivity contribution in [3.05, 3.63) is 74.8 Å². The van der Waals surface area contributed by atoms with Crippen molar-refractivity contribution in [1.82, 2.24) is 15.8 Å². The van der Waals surface area contributed by atoms with Crippen LogP contribution in [0.5, 0.6) is 0 Å². The van der Waals surface area contributed by atoms with Crippen LogP contribution in [0.3, 0.4) is 0 Å². The van der Waals surface area contributed by atoms with E-state index in [1.807, 2.05) is 35.2 Å². The molecule has 10 nitrogen and oxygen atoms in total. The van der Waals surface area contributed by atoms with Gasteiger partial charge in [0, 0.05) is 30.3 Å². The molecule has 4 rings (SSSR count). The first-order valence-electron chi connectivity index (χ1n) is 10.2. The number of nitrogens with zero attached hydrogens (tertiary/aromatic N) is 3. The number of nitro groups is 1. The summed E-state index contributed by atoms with van der Waals surface area (Å²) in [5.74, 6) is -1.18. The fraction of sp³-hybridized carbons (Fsp3) is 0.227. The van der Waals surface area contributed by atoms with Gasteiger partial charge in [-0.3, -0.25) is 30.6 Å². The van der Waals surface area contributed by atoms with E-state index in [0.717, 1.165) is 5.56 Å². The van der Waals surface area contributed by atoms with E-state index in [1.54, 1.807) is 13.0 Å². The van der Waals surface area contributed by atoms with Gasteiger partial charge in [0.1, 0.15) is 15.6 Å². The van der Waals surface area contributed by atoms with Crippen molar-refractivity contribution in [3.8, 4) is 10.6 Å². The molecule has 3 aromatic rings. The molecule has 0 atom stereocenters. The lowest BCUT2D eigenvalue weighted by Crippen LogP contribution is -2.41. The number of amides is 2. The van der Waals surface area contributed by atoms with Gasteiger partial charge in [-0.15, -0.1) is 11.3 Å². The molecule has 2 aromatic carbocycles. The summed E-state index contributed by atoms with van der Waals surface area (Å²) in [6.07, 6.45) is 0. The number of hydrogen-bond acceptors (Lipinski definition) is 8. The zero-order chi connectivity index (χ0) is 23.4. The monoisotopic (exact) mass is 467 g/mol. The predicted molar refractivity (Wildman–Crippen MR) is 123 cm³/mol. The lowest BCUT2D eigenvalue weighted by molar-refractivity contribution is -0.384. The molecular weight excluding hydrogens is 446 g/mol. The van der Waals surface area contributed by atoms with Crippen LogP contribution in [0.4, 0.5) is 11.4 Å². The van der Waals surface area contributed by atoms with Crippen molar-refractivity contribution < 1.29 is 19.2 Å². The van der Waals surface area contributed by atoms with Crippen molar-refractivity contribution >= 4 is 34.5 Å². The summed E-state index contributed by atoms with van der Waals surface area (Å²) < 4.78 is 5.29. The molecule has 170 valence electrons. The molecule has 1 saturated heterocycles. The zero-order valence-corrected chi connectivity index (χ0v) is 18.6. The standard InChI is InChI=1S/C22H21N5O5S/c1-14-19(33-22(23-14)15-5-3-2-4-6-15)21(29)25-24-20(28)16-7-8-17(18(13-16)27(30)31)26-9-11-32-12-10-26/h2-8,13H,9-12H2,1H3,(H,24,28)(H,25,29). The van der Waals surface area contributed by atoms with E-state index in [2.05, 4.69) is 15.8 Å². The van der Waals surface area contributed by atoms with Crippen LogP contribution in [0.1, 0.15) is 25.7 Å². The molecule has 0 bridgehead atoms. The summed E-state index contributed by atoms with van der Waals surface area (Å²) in [5, 5.41) is 12.3. The second-order valence-corrected chi connectivity index (χ2v) is 8.27. The van der Waals surface area contributed by atoms with E-state index in [4.69, 9.17) is 4.74 Å². The molecule has 1 aliphatic heterocycles. The van der Waals surface area contributed by atoms with Crippen LogP contribution in [0, 0.1) is 17.0 Å². The third-order valence-corrected chi connectivity index (χ3v) is 6.30. The van der Waals surface area contributed by atoms with E-state index in [1.165, 1.54) is 23.5 Å². The molecule has 11 heteroatoms. The zero-order valence-electron chi connectivity index (χ0n) is 17.7. The van der Waals surface area contributed by atoms with Crippen LogP contribution in [-0.4, -0.2) is 48.0 Å². The molecule has 0 saturated carbocycles. The predicted octanol–water partition coefficient (Wildman–Crippen LogP) is 2.94. The maximum atomic E-state index is 12.6. The molecule has 0 unspecified atom stereocenters. The van der Waals surface area contributed by atoms with Gasteiger partial charge in [0.05, 0.1) is 23.8 Å². The summed E-state index contributed by atoms with van der Waals surface area (Å²) in [4.78, 5) is 42.9. The van der Waals surface area contributed by atoms with Gasteiger partial charge in [-0.25, -0.2) is 4.98 Å². The number of thiazole rings is 1. The fourth-order valence-electron chi connectivity index (χ4n) is 3.44. The first-order valence-corrected chi connectivity index (χ1v) is 11.0. The van der Waals surface area contributed by atoms with Crippen molar-refractivity contribution in [1.29, 1.82) is 0 Å². The smallest absolute Gasteiger partial charge is 0.293 e. The number of anilines is 1. The number of hydrazine groups is 1. The van der Waals surface area contributed by atoms with Crippen LogP contribution >= 0.6 is 11.3 Å². The molecule has 0 radical (unpaired) electrons. The van der Waals surface area contributed by atoms with E-state index in [-0.39, 0.29) is 11.3 Å². The summed E-state index contributed by atoms with van der Waals surface area (Å²) in [7, 11) is 0. The number of nitrogens with one attached hydrogen (secondary N) is 2. The summed E-state index contributed by atoms with van der Waals surface area (Å²) in [6, 6.07) is 13.7. The van der Waals surface area contributed by atoms with Crippen LogP contribution in [0.2, 0.25) is 0 Å². The maximum absolute atomic E-state index is 12.6. The van der Waals surface area contributed by atoms with E-state index < -0.39 is 16.7 Å². The second kappa shape index (κ2) is 9.76. The van der Waals surface area contributed by atoms with Crippen LogP contribution < -0.4 is 15.8 Å². The van der Waals surface area contributed by atoms with Gasteiger partial charge in [0.2, 0.25) is 0 Å². The number of benzene rings is 2.